The van der Waals surface area contributed by atoms with Gasteiger partial charge in [0.2, 0.25) is 5.88 Å². The number of nitrogens with zero attached hydrogens (tertiary/aromatic N) is 5. The van der Waals surface area contributed by atoms with E-state index in [-0.39, 0.29) is 29.4 Å². The van der Waals surface area contributed by atoms with Crippen LogP contribution >= 0.6 is 0 Å². The molecule has 0 aliphatic heterocycles. The van der Waals surface area contributed by atoms with Gasteiger partial charge in [-0.25, -0.2) is 19.2 Å². The molecule has 1 N–H and O–H groups in total. The molecule has 4 aromatic rings. The van der Waals surface area contributed by atoms with E-state index < -0.39 is 35.2 Å². The number of benzene rings is 1. The number of alkyl halides is 3. The molecule has 14 heteroatoms. The van der Waals surface area contributed by atoms with Crippen LogP contribution in [0.15, 0.2) is 54.9 Å². The molecule has 1 aliphatic carbocycles. The first kappa shape index (κ1) is 27.7. The summed E-state index contributed by atoms with van der Waals surface area (Å²) < 4.78 is 65.6. The maximum atomic E-state index is 15.3. The third kappa shape index (κ3) is 6.31. The molecule has 3 heterocycles. The van der Waals surface area contributed by atoms with Crippen molar-refractivity contribution in [1.82, 2.24) is 24.7 Å². The smallest absolute Gasteiger partial charge is 0.439 e. The molecule has 1 saturated carbocycles. The van der Waals surface area contributed by atoms with Crippen LogP contribution in [-0.2, 0) is 4.79 Å². The van der Waals surface area contributed by atoms with Crippen LogP contribution in [-0.4, -0.2) is 42.8 Å². The number of hydrogen-bond acceptors (Lipinski definition) is 8. The van der Waals surface area contributed by atoms with Crippen LogP contribution in [0.3, 0.4) is 0 Å². The standard InChI is InChI=1S/C27H22F4N6O4/c1-14(2)37-13-32-36-24(37)19-6-3-7-21(33-19)35-25(38)17-11-16(12-20(23(17)28)41-26(39)27(29,30)31)40-22-8-4-5-18(34-22)15-9-10-15/h3-8,11-15H,9-10H2,1-2H3,(H,33,35,38). The summed E-state index contributed by atoms with van der Waals surface area (Å²) in [4.78, 5) is 33.3. The van der Waals surface area contributed by atoms with Crippen LogP contribution in [0.2, 0.25) is 0 Å². The SMILES string of the molecule is CC(C)n1cnnc1-c1cccc(NC(=O)c2cc(Oc3cccc(C4CC4)n3)cc(OC(=O)C(F)(F)F)c2F)n1. The Hall–Kier alpha value is -4.88. The van der Waals surface area contributed by atoms with Crippen molar-refractivity contribution in [3.05, 3.63) is 71.9 Å². The lowest BCUT2D eigenvalue weighted by Crippen LogP contribution is -2.28. The summed E-state index contributed by atoms with van der Waals surface area (Å²) in [5.41, 5.74) is 0.349. The molecule has 1 aromatic carbocycles. The van der Waals surface area contributed by atoms with Gasteiger partial charge < -0.3 is 19.4 Å². The summed E-state index contributed by atoms with van der Waals surface area (Å²) in [5.74, 6) is -5.97. The predicted octanol–water partition coefficient (Wildman–Crippen LogP) is 5.84. The number of halogens is 4. The number of amides is 1. The molecule has 10 nitrogen and oxygen atoms in total. The largest absolute Gasteiger partial charge is 0.491 e. The topological polar surface area (TPSA) is 121 Å². The molecular formula is C27H22F4N6O4. The van der Waals surface area contributed by atoms with Gasteiger partial charge in [0.25, 0.3) is 5.91 Å². The molecule has 0 radical (unpaired) electrons. The molecule has 212 valence electrons. The Bertz CT molecular complexity index is 1620. The molecule has 1 fully saturated rings. The minimum atomic E-state index is -5.41. The molecule has 41 heavy (non-hydrogen) atoms. The van der Waals surface area contributed by atoms with E-state index in [0.717, 1.165) is 30.7 Å². The third-order valence-corrected chi connectivity index (χ3v) is 6.00. The molecule has 0 unspecified atom stereocenters. The highest BCUT2D eigenvalue weighted by molar-refractivity contribution is 6.04. The molecule has 1 aliphatic rings. The van der Waals surface area contributed by atoms with Gasteiger partial charge in [0, 0.05) is 29.8 Å². The maximum Gasteiger partial charge on any atom is 0.491 e. The number of pyridine rings is 2. The average molecular weight is 571 g/mol. The number of esters is 1. The van der Waals surface area contributed by atoms with Crippen molar-refractivity contribution in [3.8, 4) is 28.9 Å². The number of aromatic nitrogens is 5. The Labute approximate surface area is 230 Å². The van der Waals surface area contributed by atoms with Crippen molar-refractivity contribution < 1.29 is 36.6 Å². The van der Waals surface area contributed by atoms with Gasteiger partial charge in [-0.1, -0.05) is 12.1 Å². The third-order valence-electron chi connectivity index (χ3n) is 6.00. The van der Waals surface area contributed by atoms with Crippen molar-refractivity contribution in [2.75, 3.05) is 5.32 Å². The summed E-state index contributed by atoms with van der Waals surface area (Å²) in [6, 6.07) is 11.3. The van der Waals surface area contributed by atoms with Crippen molar-refractivity contribution in [2.24, 2.45) is 0 Å². The Balaban J connectivity index is 1.46. The van der Waals surface area contributed by atoms with Gasteiger partial charge in [0.1, 0.15) is 23.6 Å². The molecule has 3 aromatic heterocycles. The molecule has 0 saturated heterocycles. The fourth-order valence-electron chi connectivity index (χ4n) is 3.86. The second-order valence-corrected chi connectivity index (χ2v) is 9.47. The highest BCUT2D eigenvalue weighted by atomic mass is 19.4. The summed E-state index contributed by atoms with van der Waals surface area (Å²) in [7, 11) is 0. The zero-order chi connectivity index (χ0) is 29.3. The van der Waals surface area contributed by atoms with E-state index in [1.165, 1.54) is 18.5 Å². The van der Waals surface area contributed by atoms with Crippen molar-refractivity contribution in [2.45, 2.75) is 44.8 Å². The van der Waals surface area contributed by atoms with Crippen LogP contribution in [0.5, 0.6) is 17.4 Å². The van der Waals surface area contributed by atoms with E-state index in [4.69, 9.17) is 4.74 Å². The number of rotatable bonds is 8. The van der Waals surface area contributed by atoms with E-state index in [1.807, 2.05) is 13.8 Å². The fraction of sp³-hybridized carbons (Fsp3) is 0.259. The van der Waals surface area contributed by atoms with Gasteiger partial charge >= 0.3 is 12.1 Å². The van der Waals surface area contributed by atoms with Crippen LogP contribution < -0.4 is 14.8 Å². The lowest BCUT2D eigenvalue weighted by atomic mass is 10.1. The minimum absolute atomic E-state index is 0.00849. The first-order valence-electron chi connectivity index (χ1n) is 12.4. The molecule has 0 atom stereocenters. The Morgan fingerprint density at radius 3 is 2.54 bits per heavy atom. The van der Waals surface area contributed by atoms with E-state index in [1.54, 1.807) is 28.8 Å². The van der Waals surface area contributed by atoms with E-state index in [9.17, 15) is 22.8 Å². The second kappa shape index (κ2) is 10.9. The van der Waals surface area contributed by atoms with Gasteiger partial charge in [-0.05, 0) is 51.0 Å². The summed E-state index contributed by atoms with van der Waals surface area (Å²) in [5, 5.41) is 10.3. The van der Waals surface area contributed by atoms with Crippen LogP contribution in [0.1, 0.15) is 54.7 Å². The van der Waals surface area contributed by atoms with Crippen LogP contribution in [0, 0.1) is 5.82 Å². The Kier molecular flexibility index (Phi) is 7.39. The monoisotopic (exact) mass is 570 g/mol. The lowest BCUT2D eigenvalue weighted by Gasteiger charge is -2.14. The van der Waals surface area contributed by atoms with E-state index >= 15 is 4.39 Å². The highest BCUT2D eigenvalue weighted by Gasteiger charge is 2.42. The van der Waals surface area contributed by atoms with Gasteiger partial charge in [0.15, 0.2) is 17.4 Å². The summed E-state index contributed by atoms with van der Waals surface area (Å²) in [6.45, 7) is 3.83. The Morgan fingerprint density at radius 2 is 1.83 bits per heavy atom. The van der Waals surface area contributed by atoms with Gasteiger partial charge in [-0.3, -0.25) is 4.79 Å². The number of nitrogens with one attached hydrogen (secondary N) is 1. The first-order valence-corrected chi connectivity index (χ1v) is 12.4. The van der Waals surface area contributed by atoms with Crippen LogP contribution in [0.25, 0.3) is 11.5 Å². The minimum Gasteiger partial charge on any atom is -0.439 e. The zero-order valence-electron chi connectivity index (χ0n) is 21.6. The molecule has 1 amide bonds. The number of anilines is 1. The first-order chi connectivity index (χ1) is 19.5. The molecular weight excluding hydrogens is 548 g/mol. The number of ether oxygens (including phenoxy) is 2. The van der Waals surface area contributed by atoms with Gasteiger partial charge in [-0.2, -0.15) is 13.2 Å². The molecule has 5 rings (SSSR count). The second-order valence-electron chi connectivity index (χ2n) is 9.47. The highest BCUT2D eigenvalue weighted by Crippen LogP contribution is 2.40. The predicted molar refractivity (Wildman–Crippen MR) is 136 cm³/mol. The number of carbonyl (C=O) groups is 2. The van der Waals surface area contributed by atoms with Crippen LogP contribution in [0.4, 0.5) is 23.4 Å². The Morgan fingerprint density at radius 1 is 1.07 bits per heavy atom. The van der Waals surface area contributed by atoms with Gasteiger partial charge in [-0.15, -0.1) is 10.2 Å². The van der Waals surface area contributed by atoms with E-state index in [0.29, 0.717) is 11.5 Å². The molecule has 0 spiro atoms. The fourth-order valence-corrected chi connectivity index (χ4v) is 3.86. The normalized spacial score (nSPS) is 13.2. The van der Waals surface area contributed by atoms with Crippen molar-refractivity contribution >= 4 is 17.7 Å². The number of carbonyl (C=O) groups excluding carboxylic acids is 2. The molecule has 0 bridgehead atoms. The number of hydrogen-bond donors (Lipinski definition) is 1. The van der Waals surface area contributed by atoms with Crippen molar-refractivity contribution in [3.63, 3.8) is 0 Å². The van der Waals surface area contributed by atoms with E-state index in [2.05, 4.69) is 30.2 Å². The average Bonchev–Trinajstić information content (AvgIpc) is 3.65. The van der Waals surface area contributed by atoms with Crippen molar-refractivity contribution in [1.29, 1.82) is 0 Å². The zero-order valence-corrected chi connectivity index (χ0v) is 21.6. The quantitative estimate of drug-likeness (QED) is 0.159. The lowest BCUT2D eigenvalue weighted by molar-refractivity contribution is -0.189. The maximum absolute atomic E-state index is 15.3. The summed E-state index contributed by atoms with van der Waals surface area (Å²) in [6.07, 6.45) is -1.97. The summed E-state index contributed by atoms with van der Waals surface area (Å²) >= 11 is 0. The van der Waals surface area contributed by atoms with Gasteiger partial charge in [0.05, 0.1) is 5.56 Å².